The first-order chi connectivity index (χ1) is 17.8. The third kappa shape index (κ3) is 5.06. The molecule has 2 aromatic carbocycles. The van der Waals surface area contributed by atoms with Gasteiger partial charge in [0, 0.05) is 33.4 Å². The van der Waals surface area contributed by atoms with Gasteiger partial charge in [0.15, 0.2) is 0 Å². The quantitative estimate of drug-likeness (QED) is 0.208. The Morgan fingerprint density at radius 2 is 1.07 bits per heavy atom. The highest BCUT2D eigenvalue weighted by atomic mass is 35.5. The fraction of sp³-hybridized carbons (Fsp3) is 0.357. The number of rotatable bonds is 4. The molecule has 0 radical (unpaired) electrons. The van der Waals surface area contributed by atoms with Crippen LogP contribution in [0.5, 0.6) is 11.5 Å². The molecule has 8 nitrogen and oxygen atoms in total. The molecule has 0 bridgehead atoms. The molecule has 2 fully saturated rings. The topological polar surface area (TPSA) is 99.9 Å². The molecule has 0 aliphatic carbocycles. The summed E-state index contributed by atoms with van der Waals surface area (Å²) in [6.07, 6.45) is 8.50. The van der Waals surface area contributed by atoms with Crippen molar-refractivity contribution in [3.8, 4) is 45.1 Å². The van der Waals surface area contributed by atoms with Crippen molar-refractivity contribution in [3.05, 3.63) is 59.4 Å². The lowest BCUT2D eigenvalue weighted by Gasteiger charge is -2.30. The second-order valence-electron chi connectivity index (χ2n) is 10.3. The molecule has 4 aromatic rings. The lowest BCUT2D eigenvalue weighted by molar-refractivity contribution is 0.278. The number of aromatic amines is 2. The largest absolute Gasteiger partial charge is 0.488 e. The van der Waals surface area contributed by atoms with E-state index < -0.39 is 0 Å². The SMILES string of the molecule is Cl.Cl.Cl.Cl.c1nc([C@@H]2CCCN2)[nH]c1-c1cc2c3c(c1)OCc1cc(-c4cnc([C@@H]5CCCN5)[nH]4)cc(c1-3)OC2. The maximum absolute atomic E-state index is 6.33. The average molecular weight is 626 g/mol. The second-order valence-corrected chi connectivity index (χ2v) is 10.3. The Bertz CT molecular complexity index is 1330. The molecule has 4 aliphatic rings. The number of halogens is 4. The Labute approximate surface area is 257 Å². The van der Waals surface area contributed by atoms with Crippen LogP contribution in [-0.4, -0.2) is 33.0 Å². The number of ether oxygens (including phenoxy) is 2. The highest BCUT2D eigenvalue weighted by Gasteiger charge is 2.30. The van der Waals surface area contributed by atoms with Gasteiger partial charge in [-0.3, -0.25) is 0 Å². The fourth-order valence-electron chi connectivity index (χ4n) is 6.15. The van der Waals surface area contributed by atoms with E-state index in [0.717, 1.165) is 93.8 Å². The summed E-state index contributed by atoms with van der Waals surface area (Å²) in [5.41, 5.74) is 8.80. The number of nitrogens with one attached hydrogen (secondary N) is 4. The van der Waals surface area contributed by atoms with Crippen molar-refractivity contribution >= 4 is 49.6 Å². The molecule has 2 aromatic heterocycles. The van der Waals surface area contributed by atoms with Crippen molar-refractivity contribution in [1.29, 1.82) is 0 Å². The molecule has 2 saturated heterocycles. The van der Waals surface area contributed by atoms with Crippen LogP contribution < -0.4 is 20.1 Å². The number of hydrogen-bond donors (Lipinski definition) is 4. The Morgan fingerprint density at radius 3 is 1.48 bits per heavy atom. The summed E-state index contributed by atoms with van der Waals surface area (Å²) in [6.45, 7) is 3.14. The van der Waals surface area contributed by atoms with Crippen LogP contribution >= 0.6 is 49.6 Å². The molecular formula is C28H32Cl4N6O2. The van der Waals surface area contributed by atoms with Crippen molar-refractivity contribution < 1.29 is 9.47 Å². The first kappa shape index (κ1) is 30.5. The van der Waals surface area contributed by atoms with E-state index in [1.54, 1.807) is 0 Å². The molecule has 40 heavy (non-hydrogen) atoms. The van der Waals surface area contributed by atoms with Crippen LogP contribution in [0.25, 0.3) is 33.6 Å². The van der Waals surface area contributed by atoms with Gasteiger partial charge in [-0.05, 0) is 63.0 Å². The molecule has 6 heterocycles. The van der Waals surface area contributed by atoms with Gasteiger partial charge in [-0.15, -0.1) is 49.6 Å². The Morgan fingerprint density at radius 1 is 0.625 bits per heavy atom. The molecule has 2 atom stereocenters. The van der Waals surface area contributed by atoms with Crippen LogP contribution in [0.3, 0.4) is 0 Å². The summed E-state index contributed by atoms with van der Waals surface area (Å²) < 4.78 is 12.7. The zero-order valence-corrected chi connectivity index (χ0v) is 24.9. The van der Waals surface area contributed by atoms with Crippen molar-refractivity contribution in [3.63, 3.8) is 0 Å². The number of nitrogens with zero attached hydrogens (tertiary/aromatic N) is 2. The van der Waals surface area contributed by atoms with Crippen LogP contribution in [0.15, 0.2) is 36.7 Å². The minimum absolute atomic E-state index is 0. The molecule has 214 valence electrons. The average Bonchev–Trinajstić information content (AvgIpc) is 3.73. The Hall–Kier alpha value is -2.46. The molecule has 8 rings (SSSR count). The Kier molecular flexibility index (Phi) is 9.29. The summed E-state index contributed by atoms with van der Waals surface area (Å²) >= 11 is 0. The maximum Gasteiger partial charge on any atom is 0.128 e. The maximum atomic E-state index is 6.33. The Balaban J connectivity index is 0.000000924. The first-order valence-corrected chi connectivity index (χ1v) is 13.0. The van der Waals surface area contributed by atoms with Gasteiger partial charge < -0.3 is 30.1 Å². The van der Waals surface area contributed by atoms with Crippen molar-refractivity contribution in [2.45, 2.75) is 51.0 Å². The molecule has 0 spiro atoms. The third-order valence-electron chi connectivity index (χ3n) is 7.98. The second kappa shape index (κ2) is 12.2. The predicted octanol–water partition coefficient (Wildman–Crippen LogP) is 6.45. The van der Waals surface area contributed by atoms with Crippen molar-refractivity contribution in [1.82, 2.24) is 30.6 Å². The molecule has 0 unspecified atom stereocenters. The number of benzene rings is 2. The minimum Gasteiger partial charge on any atom is -0.488 e. The number of H-pyrrole nitrogens is 2. The summed E-state index contributed by atoms with van der Waals surface area (Å²) in [7, 11) is 0. The van der Waals surface area contributed by atoms with Crippen LogP contribution in [0.1, 0.15) is 60.5 Å². The lowest BCUT2D eigenvalue weighted by atomic mass is 9.87. The summed E-state index contributed by atoms with van der Waals surface area (Å²) in [4.78, 5) is 16.4. The van der Waals surface area contributed by atoms with Gasteiger partial charge in [-0.1, -0.05) is 0 Å². The van der Waals surface area contributed by atoms with E-state index in [0.29, 0.717) is 25.3 Å². The number of hydrogen-bond acceptors (Lipinski definition) is 6. The van der Waals surface area contributed by atoms with E-state index in [1.807, 2.05) is 12.4 Å². The number of imidazole rings is 2. The molecule has 4 aliphatic heterocycles. The van der Waals surface area contributed by atoms with Gasteiger partial charge in [0.1, 0.15) is 36.4 Å². The fourth-order valence-corrected chi connectivity index (χ4v) is 6.15. The van der Waals surface area contributed by atoms with Gasteiger partial charge in [0.05, 0.1) is 35.9 Å². The molecular weight excluding hydrogens is 594 g/mol. The molecule has 12 heteroatoms. The van der Waals surface area contributed by atoms with Crippen LogP contribution in [0.4, 0.5) is 0 Å². The highest BCUT2D eigenvalue weighted by Crippen LogP contribution is 2.50. The van der Waals surface area contributed by atoms with E-state index >= 15 is 0 Å². The molecule has 0 saturated carbocycles. The van der Waals surface area contributed by atoms with E-state index in [1.165, 1.54) is 12.8 Å². The lowest BCUT2D eigenvalue weighted by Crippen LogP contribution is -2.15. The third-order valence-corrected chi connectivity index (χ3v) is 7.98. The van der Waals surface area contributed by atoms with E-state index in [4.69, 9.17) is 9.47 Å². The van der Waals surface area contributed by atoms with Crippen LogP contribution in [-0.2, 0) is 13.2 Å². The van der Waals surface area contributed by atoms with E-state index in [2.05, 4.69) is 54.8 Å². The minimum atomic E-state index is 0. The van der Waals surface area contributed by atoms with Gasteiger partial charge >= 0.3 is 0 Å². The van der Waals surface area contributed by atoms with Crippen LogP contribution in [0.2, 0.25) is 0 Å². The van der Waals surface area contributed by atoms with Crippen LogP contribution in [0, 0.1) is 0 Å². The predicted molar refractivity (Wildman–Crippen MR) is 165 cm³/mol. The van der Waals surface area contributed by atoms with Crippen molar-refractivity contribution in [2.24, 2.45) is 0 Å². The molecule has 0 amide bonds. The molecule has 4 N–H and O–H groups in total. The normalized spacial score (nSPS) is 19.6. The van der Waals surface area contributed by atoms with Gasteiger partial charge in [-0.2, -0.15) is 0 Å². The van der Waals surface area contributed by atoms with Gasteiger partial charge in [0.2, 0.25) is 0 Å². The van der Waals surface area contributed by atoms with E-state index in [-0.39, 0.29) is 49.6 Å². The zero-order valence-electron chi connectivity index (χ0n) is 21.6. The van der Waals surface area contributed by atoms with Crippen molar-refractivity contribution in [2.75, 3.05) is 13.1 Å². The smallest absolute Gasteiger partial charge is 0.128 e. The zero-order chi connectivity index (χ0) is 23.6. The van der Waals surface area contributed by atoms with Gasteiger partial charge in [0.25, 0.3) is 0 Å². The highest BCUT2D eigenvalue weighted by molar-refractivity contribution is 5.88. The summed E-state index contributed by atoms with van der Waals surface area (Å²) in [5, 5.41) is 7.03. The first-order valence-electron chi connectivity index (χ1n) is 13.0. The number of aromatic nitrogens is 4. The van der Waals surface area contributed by atoms with E-state index in [9.17, 15) is 0 Å². The monoisotopic (exact) mass is 624 g/mol. The summed E-state index contributed by atoms with van der Waals surface area (Å²) in [6, 6.07) is 9.34. The standard InChI is InChI=1S/C28H28N6O2.4ClH/c1-3-19(29-5-1)27-31-11-21(33-27)15-7-17-13-36-24-10-16(8-18-14-35-23(9-15)25(17)26(18)24)22-12-32-28(34-22)20-4-2-6-30-20;;;;/h7-12,19-20,29-30H,1-6,13-14H2,(H,31,33)(H,32,34);4*1H/t19-,20-;;;;/m0..../s1. The van der Waals surface area contributed by atoms with Gasteiger partial charge in [-0.25, -0.2) is 9.97 Å². The summed E-state index contributed by atoms with van der Waals surface area (Å²) in [5.74, 6) is 3.85.